The summed E-state index contributed by atoms with van der Waals surface area (Å²) >= 11 is 7.83. The number of nitrogens with zero attached hydrogens (tertiary/aromatic N) is 2. The lowest BCUT2D eigenvalue weighted by molar-refractivity contribution is 0.575. The van der Waals surface area contributed by atoms with Crippen LogP contribution in [0.5, 0.6) is 0 Å². The van der Waals surface area contributed by atoms with Crippen molar-refractivity contribution in [2.75, 3.05) is 5.75 Å². The van der Waals surface area contributed by atoms with Gasteiger partial charge < -0.3 is 0 Å². The molecule has 102 valence electrons. The van der Waals surface area contributed by atoms with Gasteiger partial charge in [-0.3, -0.25) is 16.0 Å². The summed E-state index contributed by atoms with van der Waals surface area (Å²) in [6.07, 6.45) is 4.72. The minimum Gasteiger partial charge on any atom is -0.276 e. The van der Waals surface area contributed by atoms with Crippen molar-refractivity contribution in [3.63, 3.8) is 0 Å². The van der Waals surface area contributed by atoms with Crippen LogP contribution in [0, 0.1) is 0 Å². The Kier molecular flexibility index (Phi) is 5.27. The molecule has 1 atom stereocenters. The molecule has 3 N–H and O–H groups in total. The van der Waals surface area contributed by atoms with E-state index in [0.717, 1.165) is 22.1 Å². The number of nitrogens with two attached hydrogens (primary N) is 1. The van der Waals surface area contributed by atoms with Crippen LogP contribution in [0.2, 0.25) is 5.02 Å². The predicted molar refractivity (Wildman–Crippen MR) is 80.2 cm³/mol. The number of benzene rings is 1. The molecule has 0 fully saturated rings. The van der Waals surface area contributed by atoms with Crippen LogP contribution in [0.25, 0.3) is 0 Å². The van der Waals surface area contributed by atoms with E-state index >= 15 is 0 Å². The zero-order valence-electron chi connectivity index (χ0n) is 10.7. The van der Waals surface area contributed by atoms with Crippen molar-refractivity contribution in [1.82, 2.24) is 15.2 Å². The van der Waals surface area contributed by atoms with E-state index in [1.165, 1.54) is 5.56 Å². The van der Waals surface area contributed by atoms with E-state index in [4.69, 9.17) is 17.4 Å². The van der Waals surface area contributed by atoms with E-state index < -0.39 is 0 Å². The van der Waals surface area contributed by atoms with Crippen LogP contribution in [0.15, 0.2) is 41.6 Å². The van der Waals surface area contributed by atoms with Crippen molar-refractivity contribution in [2.45, 2.75) is 17.4 Å². The van der Waals surface area contributed by atoms with E-state index in [0.29, 0.717) is 0 Å². The molecule has 1 aromatic heterocycles. The number of thioether (sulfide) groups is 1. The molecule has 2 aromatic rings. The number of rotatable bonds is 6. The summed E-state index contributed by atoms with van der Waals surface area (Å²) in [4.78, 5) is 1.08. The fraction of sp³-hybridized carbons (Fsp3) is 0.308. The molecule has 1 heterocycles. The molecule has 0 amide bonds. The fourth-order valence-electron chi connectivity index (χ4n) is 1.78. The summed E-state index contributed by atoms with van der Waals surface area (Å²) < 4.78 is 1.80. The maximum Gasteiger partial charge on any atom is 0.0541 e. The van der Waals surface area contributed by atoms with Gasteiger partial charge in [0, 0.05) is 29.9 Å². The van der Waals surface area contributed by atoms with Gasteiger partial charge in [-0.05, 0) is 24.1 Å². The van der Waals surface area contributed by atoms with Crippen LogP contribution in [0.3, 0.4) is 0 Å². The lowest BCUT2D eigenvalue weighted by atomic mass is 10.1. The van der Waals surface area contributed by atoms with Crippen molar-refractivity contribution in [3.05, 3.63) is 47.2 Å². The van der Waals surface area contributed by atoms with Crippen LogP contribution in [0.1, 0.15) is 5.56 Å². The standard InChI is InChI=1S/C13H17ClN4S/c1-18-8-10(7-16-18)6-11(17-15)9-19-13-5-3-2-4-12(13)14/h2-5,7-8,11,17H,6,9,15H2,1H3. The van der Waals surface area contributed by atoms with Crippen LogP contribution < -0.4 is 11.3 Å². The lowest BCUT2D eigenvalue weighted by Crippen LogP contribution is -2.38. The zero-order chi connectivity index (χ0) is 13.7. The topological polar surface area (TPSA) is 55.9 Å². The molecule has 0 aliphatic carbocycles. The van der Waals surface area contributed by atoms with Gasteiger partial charge in [-0.2, -0.15) is 5.10 Å². The molecular weight excluding hydrogens is 280 g/mol. The molecule has 6 heteroatoms. The van der Waals surface area contributed by atoms with E-state index in [9.17, 15) is 0 Å². The Bertz CT molecular complexity index is 529. The largest absolute Gasteiger partial charge is 0.276 e. The van der Waals surface area contributed by atoms with E-state index in [1.807, 2.05) is 43.7 Å². The zero-order valence-corrected chi connectivity index (χ0v) is 12.3. The molecule has 4 nitrogen and oxygen atoms in total. The predicted octanol–water partition coefficient (Wildman–Crippen LogP) is 2.24. The first-order valence-corrected chi connectivity index (χ1v) is 7.36. The first kappa shape index (κ1) is 14.4. The molecule has 0 bridgehead atoms. The average Bonchev–Trinajstić information content (AvgIpc) is 2.81. The quantitative estimate of drug-likeness (QED) is 0.488. The van der Waals surface area contributed by atoms with Gasteiger partial charge in [0.15, 0.2) is 0 Å². The Labute approximate surface area is 122 Å². The molecule has 0 spiro atoms. The normalized spacial score (nSPS) is 12.6. The lowest BCUT2D eigenvalue weighted by Gasteiger charge is -2.14. The molecule has 0 aliphatic rings. The molecule has 0 saturated heterocycles. The third-order valence-electron chi connectivity index (χ3n) is 2.75. The van der Waals surface area contributed by atoms with Gasteiger partial charge in [-0.1, -0.05) is 23.7 Å². The van der Waals surface area contributed by atoms with Gasteiger partial charge in [0.05, 0.1) is 11.2 Å². The Hall–Kier alpha value is -1.01. The average molecular weight is 297 g/mol. The number of hydrazine groups is 1. The number of nitrogens with one attached hydrogen (secondary N) is 1. The summed E-state index contributed by atoms with van der Waals surface area (Å²) in [5.74, 6) is 6.46. The van der Waals surface area contributed by atoms with E-state index in [-0.39, 0.29) is 6.04 Å². The SMILES string of the molecule is Cn1cc(CC(CSc2ccccc2Cl)NN)cn1. The van der Waals surface area contributed by atoms with Crippen LogP contribution in [-0.4, -0.2) is 21.6 Å². The second-order valence-corrected chi connectivity index (χ2v) is 5.80. The van der Waals surface area contributed by atoms with Crippen LogP contribution >= 0.6 is 23.4 Å². The molecule has 1 unspecified atom stereocenters. The van der Waals surface area contributed by atoms with E-state index in [2.05, 4.69) is 10.5 Å². The second-order valence-electron chi connectivity index (χ2n) is 4.33. The maximum absolute atomic E-state index is 6.13. The van der Waals surface area contributed by atoms with Crippen LogP contribution in [0.4, 0.5) is 0 Å². The third-order valence-corrected chi connectivity index (χ3v) is 4.43. The fourth-order valence-corrected chi connectivity index (χ4v) is 3.05. The van der Waals surface area contributed by atoms with Crippen molar-refractivity contribution in [3.8, 4) is 0 Å². The minimum absolute atomic E-state index is 0.186. The van der Waals surface area contributed by atoms with Gasteiger partial charge in [-0.15, -0.1) is 11.8 Å². The first-order chi connectivity index (χ1) is 9.19. The van der Waals surface area contributed by atoms with Crippen molar-refractivity contribution < 1.29 is 0 Å². The summed E-state index contributed by atoms with van der Waals surface area (Å²) in [6.45, 7) is 0. The van der Waals surface area contributed by atoms with Gasteiger partial charge in [0.2, 0.25) is 0 Å². The van der Waals surface area contributed by atoms with E-state index in [1.54, 1.807) is 16.4 Å². The third kappa shape index (κ3) is 4.24. The highest BCUT2D eigenvalue weighted by molar-refractivity contribution is 7.99. The molecule has 1 aromatic carbocycles. The number of aromatic nitrogens is 2. The number of hydrogen-bond acceptors (Lipinski definition) is 4. The molecular formula is C13H17ClN4S. The first-order valence-electron chi connectivity index (χ1n) is 6.00. The number of aryl methyl sites for hydroxylation is 1. The highest BCUT2D eigenvalue weighted by Gasteiger charge is 2.10. The van der Waals surface area contributed by atoms with Crippen molar-refractivity contribution in [1.29, 1.82) is 0 Å². The summed E-state index contributed by atoms with van der Waals surface area (Å²) in [5.41, 5.74) is 4.02. The van der Waals surface area contributed by atoms with Crippen molar-refractivity contribution in [2.24, 2.45) is 12.9 Å². The van der Waals surface area contributed by atoms with Crippen molar-refractivity contribution >= 4 is 23.4 Å². The minimum atomic E-state index is 0.186. The Morgan fingerprint density at radius 3 is 2.89 bits per heavy atom. The van der Waals surface area contributed by atoms with Gasteiger partial charge in [0.1, 0.15) is 0 Å². The Balaban J connectivity index is 1.91. The van der Waals surface area contributed by atoms with Crippen LogP contribution in [-0.2, 0) is 13.5 Å². The van der Waals surface area contributed by atoms with Gasteiger partial charge >= 0.3 is 0 Å². The monoisotopic (exact) mass is 296 g/mol. The molecule has 0 aliphatic heterocycles. The molecule has 19 heavy (non-hydrogen) atoms. The molecule has 0 radical (unpaired) electrons. The summed E-state index contributed by atoms with van der Waals surface area (Å²) in [5, 5.41) is 4.94. The highest BCUT2D eigenvalue weighted by atomic mass is 35.5. The maximum atomic E-state index is 6.13. The van der Waals surface area contributed by atoms with Gasteiger partial charge in [-0.25, -0.2) is 0 Å². The number of halogens is 1. The highest BCUT2D eigenvalue weighted by Crippen LogP contribution is 2.27. The molecule has 0 saturated carbocycles. The smallest absolute Gasteiger partial charge is 0.0541 e. The number of hydrogen-bond donors (Lipinski definition) is 2. The Morgan fingerprint density at radius 2 is 2.26 bits per heavy atom. The Morgan fingerprint density at radius 1 is 1.47 bits per heavy atom. The van der Waals surface area contributed by atoms with Gasteiger partial charge in [0.25, 0.3) is 0 Å². The summed E-state index contributed by atoms with van der Waals surface area (Å²) in [7, 11) is 1.91. The molecule has 2 rings (SSSR count). The summed E-state index contributed by atoms with van der Waals surface area (Å²) in [6, 6.07) is 8.02. The second kappa shape index (κ2) is 6.96.